The normalized spacial score (nSPS) is 17.5. The van der Waals surface area contributed by atoms with Gasteiger partial charge in [0, 0.05) is 25.2 Å². The molecule has 3 aromatic rings. The fourth-order valence-corrected chi connectivity index (χ4v) is 4.44. The van der Waals surface area contributed by atoms with Gasteiger partial charge in [0.05, 0.1) is 0 Å². The van der Waals surface area contributed by atoms with E-state index in [1.165, 1.54) is 12.1 Å². The molecule has 4 rings (SSSR count). The van der Waals surface area contributed by atoms with Crippen molar-refractivity contribution in [1.82, 2.24) is 9.80 Å². The van der Waals surface area contributed by atoms with Crippen LogP contribution >= 0.6 is 0 Å². The van der Waals surface area contributed by atoms with Crippen molar-refractivity contribution in [2.24, 2.45) is 4.99 Å². The molecule has 0 aromatic heterocycles. The summed E-state index contributed by atoms with van der Waals surface area (Å²) in [6, 6.07) is 18.6. The van der Waals surface area contributed by atoms with Gasteiger partial charge in [0.15, 0.2) is 0 Å². The number of likely N-dealkylation sites (N-methyl/N-ethyl adjacent to an activating group) is 2. The van der Waals surface area contributed by atoms with Crippen molar-refractivity contribution in [3.63, 3.8) is 0 Å². The molecule has 0 bridgehead atoms. The molecule has 4 nitrogen and oxygen atoms in total. The maximum Gasteiger partial charge on any atom is 0.426 e. The molecule has 194 valence electrons. The first-order valence-corrected chi connectivity index (χ1v) is 10.9. The van der Waals surface area contributed by atoms with Crippen molar-refractivity contribution in [3.8, 4) is 11.1 Å². The second-order valence-electron chi connectivity index (χ2n) is 8.55. The van der Waals surface area contributed by atoms with Crippen LogP contribution in [-0.4, -0.2) is 59.7 Å². The molecule has 1 atom stereocenters. The van der Waals surface area contributed by atoms with Crippen molar-refractivity contribution >= 4 is 11.7 Å². The highest BCUT2D eigenvalue weighted by Gasteiger charge is 2.79. The minimum absolute atomic E-state index is 0.107. The second-order valence-corrected chi connectivity index (χ2v) is 8.55. The summed E-state index contributed by atoms with van der Waals surface area (Å²) in [6.07, 6.45) is -14.4. The third-order valence-electron chi connectivity index (χ3n) is 6.25. The minimum Gasteiger partial charge on any atom is -0.336 e. The number of amides is 1. The van der Waals surface area contributed by atoms with Gasteiger partial charge in [0.2, 0.25) is 0 Å². The van der Waals surface area contributed by atoms with Gasteiger partial charge in [-0.05, 0) is 47.5 Å². The molecule has 1 unspecified atom stereocenters. The van der Waals surface area contributed by atoms with Gasteiger partial charge in [-0.3, -0.25) is 4.79 Å². The zero-order chi connectivity index (χ0) is 27.2. The standard InChI is InChI=1S/C26H20F7N3O/c1-35-21(18-12-14-20(27)15-13-18)34-24(25(28,29)30,26(31,32)33)23(35)36(2)22(37)19-10-8-17(9-11-19)16-6-4-3-5-7-16/h3-15,23H,1-2H3. The first kappa shape index (κ1) is 26.2. The molecule has 1 heterocycles. The molecule has 0 saturated heterocycles. The van der Waals surface area contributed by atoms with Crippen LogP contribution in [0.15, 0.2) is 83.9 Å². The van der Waals surface area contributed by atoms with E-state index >= 15 is 0 Å². The second kappa shape index (κ2) is 9.20. The van der Waals surface area contributed by atoms with E-state index < -0.39 is 41.6 Å². The molecule has 3 aromatic carbocycles. The lowest BCUT2D eigenvalue weighted by atomic mass is 9.93. The van der Waals surface area contributed by atoms with Crippen molar-refractivity contribution in [1.29, 1.82) is 0 Å². The van der Waals surface area contributed by atoms with Crippen LogP contribution < -0.4 is 0 Å². The summed E-state index contributed by atoms with van der Waals surface area (Å²) in [5.41, 5.74) is -3.40. The van der Waals surface area contributed by atoms with E-state index in [9.17, 15) is 35.5 Å². The Morgan fingerprint density at radius 2 is 1.30 bits per heavy atom. The summed E-state index contributed by atoms with van der Waals surface area (Å²) in [5.74, 6) is -2.48. The molecule has 11 heteroatoms. The molecule has 0 radical (unpaired) electrons. The Labute approximate surface area is 207 Å². The van der Waals surface area contributed by atoms with Crippen LogP contribution in [-0.2, 0) is 0 Å². The van der Waals surface area contributed by atoms with E-state index in [1.807, 2.05) is 18.2 Å². The van der Waals surface area contributed by atoms with Gasteiger partial charge < -0.3 is 9.80 Å². The van der Waals surface area contributed by atoms with Crippen LogP contribution in [0.25, 0.3) is 11.1 Å². The van der Waals surface area contributed by atoms with Crippen LogP contribution in [0.3, 0.4) is 0 Å². The van der Waals surface area contributed by atoms with Crippen molar-refractivity contribution in [2.45, 2.75) is 24.1 Å². The van der Waals surface area contributed by atoms with Gasteiger partial charge in [-0.15, -0.1) is 0 Å². The van der Waals surface area contributed by atoms with Crippen LogP contribution in [0.4, 0.5) is 30.7 Å². The average molecular weight is 523 g/mol. The summed E-state index contributed by atoms with van der Waals surface area (Å²) >= 11 is 0. The molecule has 1 amide bonds. The Morgan fingerprint density at radius 3 is 1.81 bits per heavy atom. The monoisotopic (exact) mass is 523 g/mol. The maximum absolute atomic E-state index is 14.3. The van der Waals surface area contributed by atoms with E-state index in [1.54, 1.807) is 24.3 Å². The first-order valence-electron chi connectivity index (χ1n) is 10.9. The first-order chi connectivity index (χ1) is 17.3. The summed E-state index contributed by atoms with van der Waals surface area (Å²) in [7, 11) is 1.85. The van der Waals surface area contributed by atoms with E-state index in [2.05, 4.69) is 4.99 Å². The molecular weight excluding hydrogens is 503 g/mol. The number of rotatable bonds is 4. The smallest absolute Gasteiger partial charge is 0.336 e. The highest BCUT2D eigenvalue weighted by molar-refractivity contribution is 6.02. The number of benzene rings is 3. The molecule has 37 heavy (non-hydrogen) atoms. The SMILES string of the molecule is CN(C(=O)c1ccc(-c2ccccc2)cc1)C1N(C)C(c2ccc(F)cc2)=NC1(C(F)(F)F)C(F)(F)F. The molecule has 0 aliphatic carbocycles. The summed E-state index contributed by atoms with van der Waals surface area (Å²) in [4.78, 5) is 17.4. The third kappa shape index (κ3) is 4.42. The number of alkyl halides is 6. The number of hydrogen-bond donors (Lipinski definition) is 0. The molecular formula is C26H20F7N3O. The van der Waals surface area contributed by atoms with E-state index in [0.29, 0.717) is 15.4 Å². The maximum atomic E-state index is 14.3. The van der Waals surface area contributed by atoms with Crippen LogP contribution in [0, 0.1) is 5.82 Å². The highest BCUT2D eigenvalue weighted by atomic mass is 19.4. The topological polar surface area (TPSA) is 35.9 Å². The molecule has 1 aliphatic heterocycles. The highest BCUT2D eigenvalue weighted by Crippen LogP contribution is 2.53. The Morgan fingerprint density at radius 1 is 0.811 bits per heavy atom. The number of carbonyl (C=O) groups excluding carboxylic acids is 1. The molecule has 0 saturated carbocycles. The fraction of sp³-hybridized carbons (Fsp3) is 0.231. The summed E-state index contributed by atoms with van der Waals surface area (Å²) in [5, 5.41) is 0. The van der Waals surface area contributed by atoms with Gasteiger partial charge in [-0.25, -0.2) is 9.38 Å². The zero-order valence-corrected chi connectivity index (χ0v) is 19.5. The fourth-order valence-electron chi connectivity index (χ4n) is 4.44. The average Bonchev–Trinajstić information content (AvgIpc) is 3.19. The van der Waals surface area contributed by atoms with E-state index in [4.69, 9.17) is 0 Å². The van der Waals surface area contributed by atoms with Gasteiger partial charge in [-0.1, -0.05) is 42.5 Å². The third-order valence-corrected chi connectivity index (χ3v) is 6.25. The van der Waals surface area contributed by atoms with Crippen LogP contribution in [0.2, 0.25) is 0 Å². The molecule has 0 spiro atoms. The Balaban J connectivity index is 1.77. The lowest BCUT2D eigenvalue weighted by Gasteiger charge is -2.42. The summed E-state index contributed by atoms with van der Waals surface area (Å²) < 4.78 is 99.2. The van der Waals surface area contributed by atoms with Crippen molar-refractivity contribution in [2.75, 3.05) is 14.1 Å². The predicted octanol–water partition coefficient (Wildman–Crippen LogP) is 6.15. The number of hydrogen-bond acceptors (Lipinski definition) is 3. The van der Waals surface area contributed by atoms with E-state index in [0.717, 1.165) is 43.9 Å². The number of halogens is 7. The zero-order valence-electron chi connectivity index (χ0n) is 19.5. The Hall–Kier alpha value is -3.89. The number of carbonyl (C=O) groups is 1. The number of aliphatic imine (C=N–C) groups is 1. The van der Waals surface area contributed by atoms with E-state index in [-0.39, 0.29) is 11.1 Å². The predicted molar refractivity (Wildman–Crippen MR) is 123 cm³/mol. The lowest BCUT2D eigenvalue weighted by Crippen LogP contribution is -2.69. The van der Waals surface area contributed by atoms with Crippen molar-refractivity contribution < 1.29 is 35.5 Å². The molecule has 0 fully saturated rings. The molecule has 0 N–H and O–H groups in total. The quantitative estimate of drug-likeness (QED) is 0.385. The Bertz CT molecular complexity index is 1290. The van der Waals surface area contributed by atoms with Gasteiger partial charge in [0.1, 0.15) is 17.8 Å². The van der Waals surface area contributed by atoms with Gasteiger partial charge in [-0.2, -0.15) is 26.3 Å². The van der Waals surface area contributed by atoms with Crippen molar-refractivity contribution in [3.05, 3.63) is 95.8 Å². The van der Waals surface area contributed by atoms with Gasteiger partial charge in [0.25, 0.3) is 11.4 Å². The number of amidine groups is 1. The minimum atomic E-state index is -5.92. The largest absolute Gasteiger partial charge is 0.426 e. The van der Waals surface area contributed by atoms with Crippen LogP contribution in [0.5, 0.6) is 0 Å². The Kier molecular flexibility index (Phi) is 6.51. The molecule has 1 aliphatic rings. The number of nitrogens with zero attached hydrogens (tertiary/aromatic N) is 3. The lowest BCUT2D eigenvalue weighted by molar-refractivity contribution is -0.311. The summed E-state index contributed by atoms with van der Waals surface area (Å²) in [6.45, 7) is 0. The van der Waals surface area contributed by atoms with Gasteiger partial charge >= 0.3 is 12.4 Å². The van der Waals surface area contributed by atoms with Crippen LogP contribution in [0.1, 0.15) is 15.9 Å².